The lowest BCUT2D eigenvalue weighted by Gasteiger charge is -2.27. The molecule has 0 atom stereocenters. The van der Waals surface area contributed by atoms with Gasteiger partial charge in [0, 0.05) is 23.8 Å². The van der Waals surface area contributed by atoms with Gasteiger partial charge in [0.05, 0.1) is 0 Å². The van der Waals surface area contributed by atoms with E-state index in [9.17, 15) is 9.59 Å². The Morgan fingerprint density at radius 3 is 1.55 bits per heavy atom. The topological polar surface area (TPSA) is 46.2 Å². The minimum Gasteiger partial charge on any atom is -0.359 e. The summed E-state index contributed by atoms with van der Waals surface area (Å²) in [5.41, 5.74) is -0.364. The lowest BCUT2D eigenvalue weighted by molar-refractivity contribution is -0.131. The number of amides is 1. The molecule has 0 heterocycles. The Bertz CT molecular complexity index is 315. The highest BCUT2D eigenvalue weighted by molar-refractivity contribution is 5.86. The summed E-state index contributed by atoms with van der Waals surface area (Å²) in [7, 11) is 1.65. The van der Waals surface area contributed by atoms with E-state index in [4.69, 9.17) is 0 Å². The van der Waals surface area contributed by atoms with Crippen LogP contribution in [0.3, 0.4) is 0 Å². The van der Waals surface area contributed by atoms with Gasteiger partial charge < -0.3 is 5.32 Å². The van der Waals surface area contributed by atoms with Gasteiger partial charge in [-0.2, -0.15) is 0 Å². The molecule has 0 aromatic carbocycles. The summed E-state index contributed by atoms with van der Waals surface area (Å²) < 4.78 is 0. The molecule has 1 rings (SSSR count). The van der Waals surface area contributed by atoms with Crippen LogP contribution in [0.1, 0.15) is 73.6 Å². The molecule has 0 bridgehead atoms. The first kappa shape index (κ1) is 19.1. The van der Waals surface area contributed by atoms with Crippen molar-refractivity contribution < 1.29 is 9.59 Å². The third kappa shape index (κ3) is 7.06. The minimum atomic E-state index is -0.241. The Labute approximate surface area is 124 Å². The SMILES string of the molecule is CC(C)(C)C(=O)C1CCCCC1.CNC(=O)C(C)(C)C. The number of carbonyl (C=O) groups excluding carboxylic acids is 2. The molecule has 0 aliphatic heterocycles. The Hall–Kier alpha value is -0.860. The average molecular weight is 283 g/mol. The Morgan fingerprint density at radius 1 is 0.850 bits per heavy atom. The highest BCUT2D eigenvalue weighted by atomic mass is 16.2. The van der Waals surface area contributed by atoms with Gasteiger partial charge in [-0.25, -0.2) is 0 Å². The Morgan fingerprint density at radius 2 is 1.30 bits per heavy atom. The van der Waals surface area contributed by atoms with Gasteiger partial charge in [0.2, 0.25) is 5.91 Å². The Balaban J connectivity index is 0.000000396. The monoisotopic (exact) mass is 283 g/mol. The third-order valence-electron chi connectivity index (χ3n) is 3.62. The molecule has 0 unspecified atom stereocenters. The van der Waals surface area contributed by atoms with E-state index in [1.54, 1.807) is 7.05 Å². The maximum atomic E-state index is 11.8. The van der Waals surface area contributed by atoms with Crippen molar-refractivity contribution in [2.24, 2.45) is 16.7 Å². The zero-order valence-corrected chi connectivity index (χ0v) is 14.4. The summed E-state index contributed by atoms with van der Waals surface area (Å²) in [5, 5.41) is 2.57. The zero-order valence-electron chi connectivity index (χ0n) is 14.4. The van der Waals surface area contributed by atoms with Crippen LogP contribution in [0.25, 0.3) is 0 Å². The van der Waals surface area contributed by atoms with Crippen molar-refractivity contribution in [2.75, 3.05) is 7.05 Å². The molecule has 20 heavy (non-hydrogen) atoms. The molecule has 3 nitrogen and oxygen atoms in total. The molecule has 3 heteroatoms. The molecule has 0 spiro atoms. The number of hydrogen-bond acceptors (Lipinski definition) is 2. The lowest BCUT2D eigenvalue weighted by atomic mass is 9.76. The smallest absolute Gasteiger partial charge is 0.225 e. The molecule has 0 aromatic heterocycles. The fourth-order valence-corrected chi connectivity index (χ4v) is 2.35. The second kappa shape index (κ2) is 7.80. The molecule has 1 aliphatic carbocycles. The van der Waals surface area contributed by atoms with Gasteiger partial charge in [0.25, 0.3) is 0 Å². The summed E-state index contributed by atoms with van der Waals surface area (Å²) in [6.07, 6.45) is 6.11. The van der Waals surface area contributed by atoms with Crippen molar-refractivity contribution >= 4 is 11.7 Å². The van der Waals surface area contributed by atoms with E-state index in [2.05, 4.69) is 5.32 Å². The van der Waals surface area contributed by atoms with Crippen LogP contribution >= 0.6 is 0 Å². The molecular formula is C17H33NO2. The Kier molecular flexibility index (Phi) is 7.46. The summed E-state index contributed by atoms with van der Waals surface area (Å²) in [4.78, 5) is 22.5. The largest absolute Gasteiger partial charge is 0.359 e. The zero-order chi connectivity index (χ0) is 16.0. The first-order valence-corrected chi connectivity index (χ1v) is 7.76. The fourth-order valence-electron chi connectivity index (χ4n) is 2.35. The van der Waals surface area contributed by atoms with E-state index in [-0.39, 0.29) is 16.7 Å². The summed E-state index contributed by atoms with van der Waals surface area (Å²) in [5.74, 6) is 0.929. The molecule has 1 N–H and O–H groups in total. The van der Waals surface area contributed by atoms with Crippen LogP contribution < -0.4 is 5.32 Å². The molecule has 1 aliphatic rings. The van der Waals surface area contributed by atoms with Gasteiger partial charge in [-0.1, -0.05) is 60.8 Å². The fraction of sp³-hybridized carbons (Fsp3) is 0.882. The van der Waals surface area contributed by atoms with Crippen LogP contribution in [0.15, 0.2) is 0 Å². The summed E-state index contributed by atoms with van der Waals surface area (Å²) in [6, 6.07) is 0. The second-order valence-corrected chi connectivity index (χ2v) is 7.78. The van der Waals surface area contributed by atoms with E-state index in [1.165, 1.54) is 19.3 Å². The number of ketones is 1. The van der Waals surface area contributed by atoms with E-state index >= 15 is 0 Å². The lowest BCUT2D eigenvalue weighted by Crippen LogP contribution is -2.31. The van der Waals surface area contributed by atoms with Crippen molar-refractivity contribution in [3.63, 3.8) is 0 Å². The maximum absolute atomic E-state index is 11.8. The maximum Gasteiger partial charge on any atom is 0.225 e. The van der Waals surface area contributed by atoms with Gasteiger partial charge in [0.15, 0.2) is 0 Å². The van der Waals surface area contributed by atoms with E-state index < -0.39 is 0 Å². The molecule has 1 fully saturated rings. The average Bonchev–Trinajstić information content (AvgIpc) is 2.36. The van der Waals surface area contributed by atoms with Crippen LogP contribution in [-0.2, 0) is 9.59 Å². The highest BCUT2D eigenvalue weighted by Gasteiger charge is 2.30. The molecular weight excluding hydrogens is 250 g/mol. The van der Waals surface area contributed by atoms with Gasteiger partial charge in [-0.05, 0) is 12.8 Å². The minimum absolute atomic E-state index is 0.0810. The van der Waals surface area contributed by atoms with Gasteiger partial charge in [-0.15, -0.1) is 0 Å². The first-order valence-electron chi connectivity index (χ1n) is 7.76. The molecule has 0 radical (unpaired) electrons. The first-order chi connectivity index (χ1) is 9.00. The van der Waals surface area contributed by atoms with Crippen LogP contribution in [0.4, 0.5) is 0 Å². The predicted molar refractivity (Wildman–Crippen MR) is 84.6 cm³/mol. The normalized spacial score (nSPS) is 16.9. The van der Waals surface area contributed by atoms with Crippen LogP contribution in [-0.4, -0.2) is 18.7 Å². The quantitative estimate of drug-likeness (QED) is 0.791. The second-order valence-electron chi connectivity index (χ2n) is 7.78. The number of Topliss-reactive ketones (excluding diaryl/α,β-unsaturated/α-hetero) is 1. The summed E-state index contributed by atoms with van der Waals surface area (Å²) in [6.45, 7) is 11.7. The van der Waals surface area contributed by atoms with Crippen molar-refractivity contribution in [3.05, 3.63) is 0 Å². The van der Waals surface area contributed by atoms with Gasteiger partial charge in [-0.3, -0.25) is 9.59 Å². The van der Waals surface area contributed by atoms with E-state index in [0.717, 1.165) is 12.8 Å². The predicted octanol–water partition coefficient (Wildman–Crippen LogP) is 3.96. The number of carbonyl (C=O) groups is 2. The standard InChI is InChI=1S/C11H20O.C6H13NO/c1-11(2,3)10(12)9-7-5-4-6-8-9;1-6(2,3)5(8)7-4/h9H,4-8H2,1-3H3;1-4H3,(H,7,8). The molecule has 0 saturated heterocycles. The van der Waals surface area contributed by atoms with Crippen molar-refractivity contribution in [3.8, 4) is 0 Å². The van der Waals surface area contributed by atoms with Crippen molar-refractivity contribution in [1.82, 2.24) is 5.32 Å². The van der Waals surface area contributed by atoms with Crippen LogP contribution in [0.5, 0.6) is 0 Å². The van der Waals surface area contributed by atoms with Crippen LogP contribution in [0, 0.1) is 16.7 Å². The molecule has 118 valence electrons. The third-order valence-corrected chi connectivity index (χ3v) is 3.62. The number of rotatable bonds is 1. The van der Waals surface area contributed by atoms with Gasteiger partial charge >= 0.3 is 0 Å². The highest BCUT2D eigenvalue weighted by Crippen LogP contribution is 2.30. The molecule has 1 saturated carbocycles. The number of nitrogens with one attached hydrogen (secondary N) is 1. The van der Waals surface area contributed by atoms with E-state index in [1.807, 2.05) is 41.5 Å². The summed E-state index contributed by atoms with van der Waals surface area (Å²) >= 11 is 0. The van der Waals surface area contributed by atoms with Gasteiger partial charge in [0.1, 0.15) is 5.78 Å². The molecule has 1 amide bonds. The van der Waals surface area contributed by atoms with E-state index in [0.29, 0.717) is 11.7 Å². The number of hydrogen-bond donors (Lipinski definition) is 1. The van der Waals surface area contributed by atoms with Crippen LogP contribution in [0.2, 0.25) is 0 Å². The molecule has 0 aromatic rings. The van der Waals surface area contributed by atoms with Crippen molar-refractivity contribution in [2.45, 2.75) is 73.6 Å². The van der Waals surface area contributed by atoms with Crippen molar-refractivity contribution in [1.29, 1.82) is 0 Å².